The second kappa shape index (κ2) is 8.30. The predicted molar refractivity (Wildman–Crippen MR) is 103 cm³/mol. The molecule has 3 rings (SSSR count). The number of anilines is 1. The molecule has 3 nitrogen and oxygen atoms in total. The van der Waals surface area contributed by atoms with Crippen LogP contribution >= 0.6 is 23.4 Å². The molecule has 0 saturated carbocycles. The Balaban J connectivity index is 1.76. The van der Waals surface area contributed by atoms with Crippen molar-refractivity contribution in [2.45, 2.75) is 22.9 Å². The van der Waals surface area contributed by atoms with E-state index in [0.717, 1.165) is 20.4 Å². The van der Waals surface area contributed by atoms with Crippen molar-refractivity contribution >= 4 is 29.1 Å². The molecule has 0 fully saturated rings. The predicted octanol–water partition coefficient (Wildman–Crippen LogP) is 5.30. The van der Waals surface area contributed by atoms with Crippen LogP contribution in [-0.4, -0.2) is 10.2 Å². The van der Waals surface area contributed by atoms with Crippen LogP contribution < -0.4 is 5.32 Å². The Morgan fingerprint density at radius 2 is 1.60 bits per heavy atom. The van der Waals surface area contributed by atoms with Gasteiger partial charge in [-0.05, 0) is 42.0 Å². The molecule has 0 atom stereocenters. The third-order valence-electron chi connectivity index (χ3n) is 3.77. The van der Waals surface area contributed by atoms with Gasteiger partial charge in [-0.15, -0.1) is 0 Å². The first-order chi connectivity index (χ1) is 12.2. The minimum Gasteiger partial charge on any atom is -0.505 e. The van der Waals surface area contributed by atoms with Gasteiger partial charge in [0.05, 0.1) is 12.3 Å². The number of nitrogens with one attached hydrogen (secondary N) is 1. The van der Waals surface area contributed by atoms with E-state index in [4.69, 9.17) is 11.6 Å². The molecule has 0 aliphatic carbocycles. The molecule has 0 radical (unpaired) electrons. The lowest BCUT2D eigenvalue weighted by Gasteiger charge is -2.13. The van der Waals surface area contributed by atoms with E-state index in [1.165, 1.54) is 0 Å². The highest BCUT2D eigenvalue weighted by atomic mass is 35.5. The zero-order chi connectivity index (χ0) is 17.6. The van der Waals surface area contributed by atoms with Crippen molar-refractivity contribution in [3.63, 3.8) is 0 Å². The SMILES string of the molecule is OCc1cccc(NCc2ccccc2Sc2ccc(Cl)cc2)c1O. The molecule has 0 bridgehead atoms. The summed E-state index contributed by atoms with van der Waals surface area (Å²) in [6.45, 7) is 0.379. The van der Waals surface area contributed by atoms with Crippen LogP contribution in [0.5, 0.6) is 5.75 Å². The van der Waals surface area contributed by atoms with Gasteiger partial charge >= 0.3 is 0 Å². The zero-order valence-corrected chi connectivity index (χ0v) is 15.0. The minimum absolute atomic E-state index is 0.0906. The molecular weight excluding hydrogens is 354 g/mol. The van der Waals surface area contributed by atoms with Crippen molar-refractivity contribution in [3.8, 4) is 5.75 Å². The highest BCUT2D eigenvalue weighted by Gasteiger charge is 2.08. The average Bonchev–Trinajstić information content (AvgIpc) is 2.64. The molecule has 0 amide bonds. The molecule has 0 aliphatic rings. The summed E-state index contributed by atoms with van der Waals surface area (Å²) in [5.41, 5.74) is 2.24. The molecular formula is C20H18ClNO2S. The number of hydrogen-bond acceptors (Lipinski definition) is 4. The monoisotopic (exact) mass is 371 g/mol. The molecule has 0 unspecified atom stereocenters. The van der Waals surface area contributed by atoms with Gasteiger partial charge in [0.2, 0.25) is 0 Å². The molecule has 5 heteroatoms. The number of rotatable bonds is 6. The summed E-state index contributed by atoms with van der Waals surface area (Å²) in [6.07, 6.45) is 0. The van der Waals surface area contributed by atoms with Gasteiger partial charge in [0.1, 0.15) is 5.75 Å². The van der Waals surface area contributed by atoms with Gasteiger partial charge in [0, 0.05) is 26.9 Å². The molecule has 0 heterocycles. The maximum absolute atomic E-state index is 10.2. The van der Waals surface area contributed by atoms with Gasteiger partial charge in [0.15, 0.2) is 0 Å². The summed E-state index contributed by atoms with van der Waals surface area (Å²) in [5.74, 6) is 0.0906. The molecule has 0 saturated heterocycles. The number of aliphatic hydroxyl groups excluding tert-OH is 1. The zero-order valence-electron chi connectivity index (χ0n) is 13.4. The number of benzene rings is 3. The summed E-state index contributed by atoms with van der Waals surface area (Å²) in [7, 11) is 0. The summed E-state index contributed by atoms with van der Waals surface area (Å²) in [5, 5.41) is 23.4. The molecule has 3 N–H and O–H groups in total. The molecule has 128 valence electrons. The van der Waals surface area contributed by atoms with E-state index in [1.807, 2.05) is 42.5 Å². The Hall–Kier alpha value is -2.14. The fourth-order valence-corrected chi connectivity index (χ4v) is 3.50. The highest BCUT2D eigenvalue weighted by molar-refractivity contribution is 7.99. The number of aromatic hydroxyl groups is 1. The second-order valence-corrected chi connectivity index (χ2v) is 7.04. The lowest BCUT2D eigenvalue weighted by atomic mass is 10.1. The summed E-state index contributed by atoms with van der Waals surface area (Å²) in [6, 6.07) is 21.2. The van der Waals surface area contributed by atoms with Crippen molar-refractivity contribution in [3.05, 3.63) is 82.9 Å². The first kappa shape index (κ1) is 17.7. The maximum atomic E-state index is 10.2. The van der Waals surface area contributed by atoms with Gasteiger partial charge in [-0.2, -0.15) is 0 Å². The summed E-state index contributed by atoms with van der Waals surface area (Å²) >= 11 is 7.61. The largest absolute Gasteiger partial charge is 0.505 e. The number of para-hydroxylation sites is 1. The first-order valence-electron chi connectivity index (χ1n) is 7.84. The number of aliphatic hydroxyl groups is 1. The quantitative estimate of drug-likeness (QED) is 0.514. The number of phenols is 1. The normalized spacial score (nSPS) is 10.6. The Morgan fingerprint density at radius 1 is 0.880 bits per heavy atom. The molecule has 0 spiro atoms. The van der Waals surface area contributed by atoms with Crippen molar-refractivity contribution in [1.29, 1.82) is 0 Å². The van der Waals surface area contributed by atoms with Gasteiger partial charge in [-0.1, -0.05) is 53.7 Å². The Labute approximate surface area is 156 Å². The standard InChI is InChI=1S/C20H18ClNO2S/c21-16-8-10-17(11-9-16)25-19-7-2-1-4-14(19)12-22-18-6-3-5-15(13-23)20(18)24/h1-11,22-24H,12-13H2. The third-order valence-corrected chi connectivity index (χ3v) is 5.15. The van der Waals surface area contributed by atoms with Gasteiger partial charge in [0.25, 0.3) is 0 Å². The van der Waals surface area contributed by atoms with Crippen LogP contribution in [0.4, 0.5) is 5.69 Å². The van der Waals surface area contributed by atoms with Gasteiger partial charge in [-0.3, -0.25) is 0 Å². The highest BCUT2D eigenvalue weighted by Crippen LogP contribution is 2.33. The van der Waals surface area contributed by atoms with E-state index in [-0.39, 0.29) is 12.4 Å². The van der Waals surface area contributed by atoms with E-state index in [2.05, 4.69) is 17.4 Å². The van der Waals surface area contributed by atoms with E-state index in [9.17, 15) is 10.2 Å². The lowest BCUT2D eigenvalue weighted by Crippen LogP contribution is -2.02. The lowest BCUT2D eigenvalue weighted by molar-refractivity contribution is 0.276. The number of hydrogen-bond donors (Lipinski definition) is 3. The minimum atomic E-state index is -0.190. The van der Waals surface area contributed by atoms with Crippen molar-refractivity contribution in [2.75, 3.05) is 5.32 Å². The summed E-state index contributed by atoms with van der Waals surface area (Å²) in [4.78, 5) is 2.25. The maximum Gasteiger partial charge on any atom is 0.144 e. The average molecular weight is 372 g/mol. The van der Waals surface area contributed by atoms with Crippen LogP contribution in [0.1, 0.15) is 11.1 Å². The third kappa shape index (κ3) is 4.48. The smallest absolute Gasteiger partial charge is 0.144 e. The van der Waals surface area contributed by atoms with Crippen LogP contribution in [0.2, 0.25) is 5.02 Å². The van der Waals surface area contributed by atoms with E-state index in [0.29, 0.717) is 17.8 Å². The van der Waals surface area contributed by atoms with Crippen LogP contribution in [0.25, 0.3) is 0 Å². The fourth-order valence-electron chi connectivity index (χ4n) is 2.43. The van der Waals surface area contributed by atoms with E-state index < -0.39 is 0 Å². The van der Waals surface area contributed by atoms with Crippen molar-refractivity contribution < 1.29 is 10.2 Å². The number of halogens is 1. The topological polar surface area (TPSA) is 52.5 Å². The first-order valence-corrected chi connectivity index (χ1v) is 9.03. The Morgan fingerprint density at radius 3 is 2.36 bits per heavy atom. The fraction of sp³-hybridized carbons (Fsp3) is 0.100. The molecule has 25 heavy (non-hydrogen) atoms. The van der Waals surface area contributed by atoms with Gasteiger partial charge in [-0.25, -0.2) is 0 Å². The van der Waals surface area contributed by atoms with Gasteiger partial charge < -0.3 is 15.5 Å². The molecule has 3 aromatic rings. The van der Waals surface area contributed by atoms with Crippen LogP contribution in [-0.2, 0) is 13.2 Å². The van der Waals surface area contributed by atoms with Crippen LogP contribution in [0, 0.1) is 0 Å². The molecule has 3 aromatic carbocycles. The second-order valence-electron chi connectivity index (χ2n) is 5.49. The van der Waals surface area contributed by atoms with Crippen LogP contribution in [0.3, 0.4) is 0 Å². The van der Waals surface area contributed by atoms with Crippen molar-refractivity contribution in [1.82, 2.24) is 0 Å². The Bertz CT molecular complexity index is 853. The van der Waals surface area contributed by atoms with E-state index in [1.54, 1.807) is 23.9 Å². The van der Waals surface area contributed by atoms with Crippen molar-refractivity contribution in [2.24, 2.45) is 0 Å². The molecule has 0 aliphatic heterocycles. The molecule has 0 aromatic heterocycles. The Kier molecular flexibility index (Phi) is 5.87. The summed E-state index contributed by atoms with van der Waals surface area (Å²) < 4.78 is 0. The van der Waals surface area contributed by atoms with Crippen LogP contribution in [0.15, 0.2) is 76.5 Å². The van der Waals surface area contributed by atoms with E-state index >= 15 is 0 Å².